The van der Waals surface area contributed by atoms with Gasteiger partial charge in [0.15, 0.2) is 0 Å². The van der Waals surface area contributed by atoms with Crippen molar-refractivity contribution in [2.24, 2.45) is 0 Å². The molecule has 1 fully saturated rings. The Morgan fingerprint density at radius 1 is 0.938 bits per heavy atom. The van der Waals surface area contributed by atoms with Gasteiger partial charge in [-0.2, -0.15) is 10.3 Å². The Hall–Kier alpha value is -3.25. The van der Waals surface area contributed by atoms with Gasteiger partial charge in [-0.05, 0) is 67.3 Å². The fourth-order valence-corrected chi connectivity index (χ4v) is 5.12. The Morgan fingerprint density at radius 2 is 1.66 bits per heavy atom. The third-order valence-electron chi connectivity index (χ3n) is 6.78. The van der Waals surface area contributed by atoms with E-state index in [1.165, 1.54) is 36.8 Å². The van der Waals surface area contributed by atoms with Crippen molar-refractivity contribution >= 4 is 17.0 Å². The maximum Gasteiger partial charge on any atom is 0.203 e. The molecule has 0 spiro atoms. The van der Waals surface area contributed by atoms with Crippen LogP contribution in [0.25, 0.3) is 11.2 Å². The van der Waals surface area contributed by atoms with Crippen molar-refractivity contribution in [3.63, 3.8) is 0 Å². The molecule has 2 heterocycles. The molecule has 6 heteroatoms. The third kappa shape index (κ3) is 4.50. The van der Waals surface area contributed by atoms with Gasteiger partial charge >= 0.3 is 0 Å². The molecule has 2 aromatic heterocycles. The molecular formula is C26H30N6. The molecule has 2 aromatic carbocycles. The zero-order valence-corrected chi connectivity index (χ0v) is 18.2. The van der Waals surface area contributed by atoms with Crippen LogP contribution in [-0.4, -0.2) is 33.0 Å². The van der Waals surface area contributed by atoms with Gasteiger partial charge in [0.1, 0.15) is 11.3 Å². The molecule has 4 aromatic rings. The predicted octanol–water partition coefficient (Wildman–Crippen LogP) is 4.77. The highest BCUT2D eigenvalue weighted by molar-refractivity contribution is 5.77. The van der Waals surface area contributed by atoms with E-state index in [0.29, 0.717) is 23.4 Å². The SMILES string of the molecule is Nc1cc([C@@H](CCNC2CCC(c3ccccc3)CC2)c2ccccc2)c2n[nH]nc2n1. The van der Waals surface area contributed by atoms with E-state index >= 15 is 0 Å². The number of fused-ring (bicyclic) bond motifs is 1. The van der Waals surface area contributed by atoms with E-state index in [4.69, 9.17) is 5.73 Å². The van der Waals surface area contributed by atoms with Crippen molar-refractivity contribution in [2.45, 2.75) is 50.0 Å². The number of anilines is 1. The number of rotatable bonds is 7. The Morgan fingerprint density at radius 3 is 2.41 bits per heavy atom. The zero-order valence-electron chi connectivity index (χ0n) is 18.2. The summed E-state index contributed by atoms with van der Waals surface area (Å²) in [4.78, 5) is 4.32. The van der Waals surface area contributed by atoms with Crippen LogP contribution >= 0.6 is 0 Å². The van der Waals surface area contributed by atoms with Crippen molar-refractivity contribution in [3.05, 3.63) is 83.4 Å². The summed E-state index contributed by atoms with van der Waals surface area (Å²) in [6, 6.07) is 24.1. The van der Waals surface area contributed by atoms with Crippen LogP contribution in [-0.2, 0) is 0 Å². The van der Waals surface area contributed by atoms with Crippen LogP contribution in [0.2, 0.25) is 0 Å². The molecule has 6 nitrogen and oxygen atoms in total. The first-order valence-corrected chi connectivity index (χ1v) is 11.6. The molecule has 0 radical (unpaired) electrons. The quantitative estimate of drug-likeness (QED) is 0.396. The van der Waals surface area contributed by atoms with Crippen LogP contribution in [0.3, 0.4) is 0 Å². The van der Waals surface area contributed by atoms with Crippen molar-refractivity contribution in [2.75, 3.05) is 12.3 Å². The lowest BCUT2D eigenvalue weighted by Crippen LogP contribution is -2.34. The number of nitrogens with zero attached hydrogens (tertiary/aromatic N) is 3. The summed E-state index contributed by atoms with van der Waals surface area (Å²) in [7, 11) is 0. The standard InChI is InChI=1S/C26H30N6/c27-24-17-23(25-26(29-24)31-32-30-25)22(20-9-5-2-6-10-20)15-16-28-21-13-11-19(12-14-21)18-7-3-1-4-8-18/h1-10,17,19,21-22,28H,11-16H2,(H3,27,29,30,31,32)/t19?,21?,22-/m0/s1. The number of pyridine rings is 1. The number of hydrogen-bond donors (Lipinski definition) is 3. The zero-order chi connectivity index (χ0) is 21.8. The molecule has 0 amide bonds. The van der Waals surface area contributed by atoms with E-state index in [1.54, 1.807) is 0 Å². The second-order valence-electron chi connectivity index (χ2n) is 8.80. The minimum atomic E-state index is 0.183. The van der Waals surface area contributed by atoms with E-state index in [-0.39, 0.29) is 5.92 Å². The normalized spacial score (nSPS) is 19.8. The summed E-state index contributed by atoms with van der Waals surface area (Å²) in [5, 5.41) is 15.1. The highest BCUT2D eigenvalue weighted by Gasteiger charge is 2.24. The summed E-state index contributed by atoms with van der Waals surface area (Å²) in [5.41, 5.74) is 11.3. The van der Waals surface area contributed by atoms with Crippen LogP contribution in [0, 0.1) is 0 Å². The summed E-state index contributed by atoms with van der Waals surface area (Å²) >= 11 is 0. The first kappa shape index (κ1) is 20.6. The smallest absolute Gasteiger partial charge is 0.203 e. The van der Waals surface area contributed by atoms with Crippen LogP contribution in [0.5, 0.6) is 0 Å². The summed E-state index contributed by atoms with van der Waals surface area (Å²) in [6.07, 6.45) is 5.93. The van der Waals surface area contributed by atoms with Crippen LogP contribution in [0.1, 0.15) is 60.6 Å². The Kier molecular flexibility index (Phi) is 6.12. The topological polar surface area (TPSA) is 92.5 Å². The maximum atomic E-state index is 6.10. The minimum Gasteiger partial charge on any atom is -0.384 e. The summed E-state index contributed by atoms with van der Waals surface area (Å²) in [5.74, 6) is 1.36. The van der Waals surface area contributed by atoms with Crippen LogP contribution in [0.15, 0.2) is 66.7 Å². The molecule has 0 aliphatic heterocycles. The van der Waals surface area contributed by atoms with Gasteiger partial charge in [-0.25, -0.2) is 4.98 Å². The molecule has 1 saturated carbocycles. The molecule has 0 unspecified atom stereocenters. The van der Waals surface area contributed by atoms with E-state index in [2.05, 4.69) is 86.4 Å². The average Bonchev–Trinajstić information content (AvgIpc) is 3.31. The lowest BCUT2D eigenvalue weighted by molar-refractivity contribution is 0.340. The van der Waals surface area contributed by atoms with Gasteiger partial charge in [0.2, 0.25) is 5.65 Å². The first-order valence-electron chi connectivity index (χ1n) is 11.6. The lowest BCUT2D eigenvalue weighted by Gasteiger charge is -2.30. The Balaban J connectivity index is 1.26. The molecule has 1 atom stereocenters. The number of aromatic amines is 1. The van der Waals surface area contributed by atoms with Crippen molar-refractivity contribution in [1.82, 2.24) is 25.7 Å². The Bertz CT molecular complexity index is 1130. The highest BCUT2D eigenvalue weighted by atomic mass is 15.3. The minimum absolute atomic E-state index is 0.183. The van der Waals surface area contributed by atoms with Gasteiger partial charge in [-0.3, -0.25) is 0 Å². The van der Waals surface area contributed by atoms with Crippen LogP contribution in [0.4, 0.5) is 5.82 Å². The molecule has 1 aliphatic rings. The van der Waals surface area contributed by atoms with Gasteiger partial charge < -0.3 is 11.1 Å². The van der Waals surface area contributed by atoms with E-state index in [9.17, 15) is 0 Å². The number of nitrogen functional groups attached to an aromatic ring is 1. The fourth-order valence-electron chi connectivity index (χ4n) is 5.12. The second kappa shape index (κ2) is 9.49. The van der Waals surface area contributed by atoms with E-state index in [1.807, 2.05) is 6.07 Å². The molecule has 0 bridgehead atoms. The maximum absolute atomic E-state index is 6.10. The van der Waals surface area contributed by atoms with Crippen molar-refractivity contribution in [3.8, 4) is 0 Å². The van der Waals surface area contributed by atoms with E-state index in [0.717, 1.165) is 24.0 Å². The first-order chi connectivity index (χ1) is 15.8. The molecule has 4 N–H and O–H groups in total. The molecule has 164 valence electrons. The van der Waals surface area contributed by atoms with Gasteiger partial charge in [0.05, 0.1) is 0 Å². The fraction of sp³-hybridized carbons (Fsp3) is 0.346. The third-order valence-corrected chi connectivity index (χ3v) is 6.78. The molecule has 0 saturated heterocycles. The number of nitrogens with one attached hydrogen (secondary N) is 2. The van der Waals surface area contributed by atoms with Crippen molar-refractivity contribution < 1.29 is 0 Å². The summed E-state index contributed by atoms with van der Waals surface area (Å²) in [6.45, 7) is 0.946. The molecular weight excluding hydrogens is 396 g/mol. The number of aromatic nitrogens is 4. The largest absolute Gasteiger partial charge is 0.384 e. The number of benzene rings is 2. The molecule has 5 rings (SSSR count). The van der Waals surface area contributed by atoms with Gasteiger partial charge in [-0.15, -0.1) is 5.10 Å². The van der Waals surface area contributed by atoms with Gasteiger partial charge in [0, 0.05) is 12.0 Å². The summed E-state index contributed by atoms with van der Waals surface area (Å²) < 4.78 is 0. The van der Waals surface area contributed by atoms with Crippen LogP contribution < -0.4 is 11.1 Å². The number of hydrogen-bond acceptors (Lipinski definition) is 5. The molecule has 1 aliphatic carbocycles. The van der Waals surface area contributed by atoms with Gasteiger partial charge in [-0.1, -0.05) is 60.7 Å². The lowest BCUT2D eigenvalue weighted by atomic mass is 9.81. The highest BCUT2D eigenvalue weighted by Crippen LogP contribution is 2.34. The second-order valence-corrected chi connectivity index (χ2v) is 8.80. The molecule has 32 heavy (non-hydrogen) atoms. The number of nitrogens with two attached hydrogens (primary N) is 1. The monoisotopic (exact) mass is 426 g/mol. The Labute approximate surface area is 188 Å². The predicted molar refractivity (Wildman–Crippen MR) is 128 cm³/mol. The van der Waals surface area contributed by atoms with Gasteiger partial charge in [0.25, 0.3) is 0 Å². The van der Waals surface area contributed by atoms with Crippen molar-refractivity contribution in [1.29, 1.82) is 0 Å². The average molecular weight is 427 g/mol. The number of H-pyrrole nitrogens is 1. The van der Waals surface area contributed by atoms with E-state index < -0.39 is 0 Å².